The third-order valence-electron chi connectivity index (χ3n) is 9.51. The molecule has 0 bridgehead atoms. The first-order chi connectivity index (χ1) is 25.1. The molecule has 51 heavy (non-hydrogen) atoms. The maximum atomic E-state index is 9.77. The molecule has 3 aromatic heterocycles. The van der Waals surface area contributed by atoms with Crippen molar-refractivity contribution in [2.24, 2.45) is 0 Å². The van der Waals surface area contributed by atoms with Crippen molar-refractivity contribution in [1.29, 1.82) is 5.26 Å². The molecule has 0 saturated heterocycles. The molecule has 0 aliphatic carbocycles. The predicted molar refractivity (Wildman–Crippen MR) is 212 cm³/mol. The highest BCUT2D eigenvalue weighted by Crippen LogP contribution is 2.41. The van der Waals surface area contributed by atoms with Crippen LogP contribution in [0, 0.1) is 17.9 Å². The van der Waals surface area contributed by atoms with E-state index in [0.717, 1.165) is 81.6 Å². The number of rotatable bonds is 4. The summed E-state index contributed by atoms with van der Waals surface area (Å²) in [6, 6.07) is 50.1. The molecule has 0 amide bonds. The molecular weight excluding hydrogens is 663 g/mol. The van der Waals surface area contributed by atoms with Crippen molar-refractivity contribution < 1.29 is 0 Å². The average Bonchev–Trinajstić information content (AvgIpc) is 3.91. The quantitative estimate of drug-likeness (QED) is 0.173. The minimum atomic E-state index is 0.513. The van der Waals surface area contributed by atoms with Crippen LogP contribution in [0.1, 0.15) is 5.56 Å². The summed E-state index contributed by atoms with van der Waals surface area (Å²) in [6.07, 6.45) is 0. The van der Waals surface area contributed by atoms with Gasteiger partial charge in [0.15, 0.2) is 5.69 Å². The number of benzene rings is 7. The minimum Gasteiger partial charge on any atom is -0.309 e. The van der Waals surface area contributed by atoms with E-state index in [9.17, 15) is 5.26 Å². The van der Waals surface area contributed by atoms with E-state index in [1.54, 1.807) is 28.7 Å². The first-order valence-electron chi connectivity index (χ1n) is 16.4. The lowest BCUT2D eigenvalue weighted by atomic mass is 9.95. The Morgan fingerprint density at radius 1 is 0.569 bits per heavy atom. The van der Waals surface area contributed by atoms with Crippen molar-refractivity contribution in [2.45, 2.75) is 0 Å². The number of aromatic nitrogens is 3. The zero-order valence-electron chi connectivity index (χ0n) is 26.8. The van der Waals surface area contributed by atoms with Gasteiger partial charge in [-0.2, -0.15) is 5.26 Å². The van der Waals surface area contributed by atoms with Crippen molar-refractivity contribution in [2.75, 3.05) is 0 Å². The topological polar surface area (TPSA) is 58.9 Å². The largest absolute Gasteiger partial charge is 0.309 e. The smallest absolute Gasteiger partial charge is 0.188 e. The Balaban J connectivity index is 1.16. The van der Waals surface area contributed by atoms with Crippen molar-refractivity contribution in [3.8, 4) is 44.0 Å². The Morgan fingerprint density at radius 2 is 1.16 bits per heavy atom. The molecule has 236 valence electrons. The predicted octanol–water partition coefficient (Wildman–Crippen LogP) is 12.6. The van der Waals surface area contributed by atoms with Gasteiger partial charge in [-0.3, -0.25) is 0 Å². The molecule has 0 radical (unpaired) electrons. The lowest BCUT2D eigenvalue weighted by Gasteiger charge is -2.12. The van der Waals surface area contributed by atoms with Crippen LogP contribution in [0.2, 0.25) is 0 Å². The summed E-state index contributed by atoms with van der Waals surface area (Å²) in [5, 5.41) is 15.8. The standard InChI is InChI=1S/C44H23N5S2/c1-46-30-23-33(32-8-6-7-29(25-45)34(32)24-30)26-13-17-31(18-14-26)49-39-19-15-27(43-47-37-9-2-4-11-41(37)50-43)21-35(39)36-22-28(16-20-40(36)49)44-48-38-10-3-5-12-42(38)51-44/h2-24H. The summed E-state index contributed by atoms with van der Waals surface area (Å²) in [7, 11) is 0. The summed E-state index contributed by atoms with van der Waals surface area (Å²) in [4.78, 5) is 13.7. The third kappa shape index (κ3) is 4.72. The molecule has 7 aromatic carbocycles. The van der Waals surface area contributed by atoms with Gasteiger partial charge in [-0.15, -0.1) is 22.7 Å². The number of para-hydroxylation sites is 2. The van der Waals surface area contributed by atoms with Crippen molar-refractivity contribution >= 4 is 81.4 Å². The minimum absolute atomic E-state index is 0.513. The normalized spacial score (nSPS) is 11.5. The summed E-state index contributed by atoms with van der Waals surface area (Å²) in [6.45, 7) is 7.72. The molecule has 10 rings (SSSR count). The average molecular weight is 686 g/mol. The molecule has 7 heteroatoms. The molecular formula is C44H23N5S2. The molecule has 10 aromatic rings. The molecule has 5 nitrogen and oxygen atoms in total. The fourth-order valence-electron chi connectivity index (χ4n) is 7.12. The van der Waals surface area contributed by atoms with E-state index >= 15 is 0 Å². The zero-order valence-corrected chi connectivity index (χ0v) is 28.5. The first kappa shape index (κ1) is 29.3. The van der Waals surface area contributed by atoms with E-state index in [4.69, 9.17) is 16.5 Å². The second kappa shape index (κ2) is 11.5. The maximum Gasteiger partial charge on any atom is 0.188 e. The summed E-state index contributed by atoms with van der Waals surface area (Å²) < 4.78 is 4.67. The van der Waals surface area contributed by atoms with E-state index in [2.05, 4.69) is 113 Å². The SMILES string of the molecule is [C-]#[N+]c1cc(-c2ccc(-n3c4ccc(-c5nc6ccccc6s5)cc4c4cc(-c5nc6ccccc6s5)ccc43)cc2)c2cccc(C#N)c2c1. The molecule has 0 spiro atoms. The van der Waals surface area contributed by atoms with Crippen LogP contribution in [0.4, 0.5) is 5.69 Å². The van der Waals surface area contributed by atoms with E-state index in [0.29, 0.717) is 11.3 Å². The van der Waals surface area contributed by atoms with Crippen LogP contribution in [-0.2, 0) is 0 Å². The van der Waals surface area contributed by atoms with Gasteiger partial charge in [-0.25, -0.2) is 14.8 Å². The highest BCUT2D eigenvalue weighted by Gasteiger charge is 2.18. The zero-order chi connectivity index (χ0) is 34.1. The number of hydrogen-bond donors (Lipinski definition) is 0. The van der Waals surface area contributed by atoms with E-state index in [-0.39, 0.29) is 0 Å². The second-order valence-corrected chi connectivity index (χ2v) is 14.5. The highest BCUT2D eigenvalue weighted by molar-refractivity contribution is 7.22. The van der Waals surface area contributed by atoms with Gasteiger partial charge in [0.25, 0.3) is 0 Å². The lowest BCUT2D eigenvalue weighted by molar-refractivity contribution is 1.18. The first-order valence-corrected chi connectivity index (χ1v) is 18.0. The molecule has 0 N–H and O–H groups in total. The molecule has 3 heterocycles. The molecule has 0 saturated carbocycles. The molecule has 0 unspecified atom stereocenters. The van der Waals surface area contributed by atoms with Gasteiger partial charge in [-0.05, 0) is 113 Å². The lowest BCUT2D eigenvalue weighted by Crippen LogP contribution is -1.94. The Hall–Kier alpha value is -6.64. The third-order valence-corrected chi connectivity index (χ3v) is 11.7. The van der Waals surface area contributed by atoms with Crippen LogP contribution in [0.15, 0.2) is 140 Å². The van der Waals surface area contributed by atoms with Crippen LogP contribution in [0.5, 0.6) is 0 Å². The number of hydrogen-bond acceptors (Lipinski definition) is 5. The fourth-order valence-corrected chi connectivity index (χ4v) is 9.04. The van der Waals surface area contributed by atoms with Gasteiger partial charge in [0.1, 0.15) is 10.0 Å². The Morgan fingerprint density at radius 3 is 1.73 bits per heavy atom. The highest BCUT2D eigenvalue weighted by atomic mass is 32.1. The summed E-state index contributed by atoms with van der Waals surface area (Å²) >= 11 is 3.42. The van der Waals surface area contributed by atoms with E-state index in [1.165, 1.54) is 9.40 Å². The van der Waals surface area contributed by atoms with Crippen molar-refractivity contribution in [1.82, 2.24) is 14.5 Å². The van der Waals surface area contributed by atoms with Crippen LogP contribution < -0.4 is 0 Å². The number of nitrogens with zero attached hydrogens (tertiary/aromatic N) is 5. The second-order valence-electron chi connectivity index (χ2n) is 12.4. The van der Waals surface area contributed by atoms with E-state index in [1.807, 2.05) is 36.4 Å². The van der Waals surface area contributed by atoms with Gasteiger partial charge < -0.3 is 4.57 Å². The molecule has 0 atom stereocenters. The number of thiazole rings is 2. The number of fused-ring (bicyclic) bond motifs is 6. The van der Waals surface area contributed by atoms with Gasteiger partial charge in [0.2, 0.25) is 0 Å². The fraction of sp³-hybridized carbons (Fsp3) is 0. The van der Waals surface area contributed by atoms with Gasteiger partial charge in [0, 0.05) is 27.6 Å². The van der Waals surface area contributed by atoms with Crippen LogP contribution in [-0.4, -0.2) is 14.5 Å². The molecule has 0 aliphatic rings. The Labute approximate surface area is 300 Å². The van der Waals surface area contributed by atoms with Crippen LogP contribution in [0.3, 0.4) is 0 Å². The molecule has 0 aliphatic heterocycles. The van der Waals surface area contributed by atoms with E-state index < -0.39 is 0 Å². The summed E-state index contributed by atoms with van der Waals surface area (Å²) in [5.41, 5.74) is 10.4. The maximum absolute atomic E-state index is 9.77. The van der Waals surface area contributed by atoms with Crippen LogP contribution >= 0.6 is 22.7 Å². The van der Waals surface area contributed by atoms with Crippen molar-refractivity contribution in [3.63, 3.8) is 0 Å². The van der Waals surface area contributed by atoms with Crippen molar-refractivity contribution in [3.05, 3.63) is 157 Å². The Kier molecular flexibility index (Phi) is 6.59. The number of nitriles is 1. The van der Waals surface area contributed by atoms with Gasteiger partial charge >= 0.3 is 0 Å². The molecule has 0 fully saturated rings. The monoisotopic (exact) mass is 685 g/mol. The van der Waals surface area contributed by atoms with Crippen LogP contribution in [0.25, 0.3) is 95.8 Å². The van der Waals surface area contributed by atoms with Gasteiger partial charge in [-0.1, -0.05) is 48.5 Å². The Bertz CT molecular complexity index is 2920. The van der Waals surface area contributed by atoms with Gasteiger partial charge in [0.05, 0.1) is 49.7 Å². The summed E-state index contributed by atoms with van der Waals surface area (Å²) in [5.74, 6) is 0.